The van der Waals surface area contributed by atoms with Gasteiger partial charge in [0.1, 0.15) is 5.75 Å². The average Bonchev–Trinajstić information content (AvgIpc) is 2.71. The summed E-state index contributed by atoms with van der Waals surface area (Å²) in [6, 6.07) is 11.0. The van der Waals surface area contributed by atoms with Crippen molar-refractivity contribution in [2.45, 2.75) is 31.7 Å². The van der Waals surface area contributed by atoms with Gasteiger partial charge in [0.15, 0.2) is 0 Å². The second-order valence-corrected chi connectivity index (χ2v) is 8.62. The minimum atomic E-state index is -0.772. The molecule has 3 rings (SSSR count). The maximum Gasteiger partial charge on any atom is 0.272 e. The molecule has 0 saturated carbocycles. The van der Waals surface area contributed by atoms with Gasteiger partial charge >= 0.3 is 0 Å². The monoisotopic (exact) mass is 439 g/mol. The van der Waals surface area contributed by atoms with Crippen LogP contribution in [-0.4, -0.2) is 27.6 Å². The number of terminal acetylenes is 1. The lowest BCUT2D eigenvalue weighted by atomic mass is 9.99. The highest BCUT2D eigenvalue weighted by Gasteiger charge is 2.29. The summed E-state index contributed by atoms with van der Waals surface area (Å²) >= 11 is 7.64. The molecule has 0 aliphatic heterocycles. The fraction of sp³-hybridized carbons (Fsp3) is 0.261. The van der Waals surface area contributed by atoms with E-state index in [1.54, 1.807) is 18.3 Å². The number of thioether (sulfide) groups is 1. The number of benzene rings is 1. The van der Waals surface area contributed by atoms with Crippen LogP contribution in [0.5, 0.6) is 5.75 Å². The quantitative estimate of drug-likeness (QED) is 0.445. The van der Waals surface area contributed by atoms with Gasteiger partial charge < -0.3 is 10.1 Å². The number of ether oxygens (including phenoxy) is 1. The van der Waals surface area contributed by atoms with Crippen LogP contribution in [0.4, 0.5) is 0 Å². The summed E-state index contributed by atoms with van der Waals surface area (Å²) in [5, 5.41) is 4.20. The molecule has 0 radical (unpaired) electrons. The first-order valence-electron chi connectivity index (χ1n) is 9.25. The number of carbonyl (C=O) groups is 1. The number of aromatic nitrogens is 2. The predicted molar refractivity (Wildman–Crippen MR) is 123 cm³/mol. The fourth-order valence-electron chi connectivity index (χ4n) is 2.98. The third-order valence-electron chi connectivity index (χ3n) is 4.51. The highest BCUT2D eigenvalue weighted by Crippen LogP contribution is 2.30. The summed E-state index contributed by atoms with van der Waals surface area (Å²) in [6.45, 7) is 5.73. The van der Waals surface area contributed by atoms with E-state index >= 15 is 0 Å². The molecule has 0 aliphatic carbocycles. The first kappa shape index (κ1) is 21.9. The van der Waals surface area contributed by atoms with Gasteiger partial charge in [-0.15, -0.1) is 18.2 Å². The highest BCUT2D eigenvalue weighted by atomic mass is 35.5. The second-order valence-electron chi connectivity index (χ2n) is 7.31. The van der Waals surface area contributed by atoms with Gasteiger partial charge in [-0.2, -0.15) is 0 Å². The van der Waals surface area contributed by atoms with Crippen molar-refractivity contribution in [1.29, 1.82) is 0 Å². The maximum absolute atomic E-state index is 12.9. The van der Waals surface area contributed by atoms with E-state index in [0.717, 1.165) is 16.8 Å². The first-order chi connectivity index (χ1) is 14.2. The zero-order chi connectivity index (χ0) is 21.9. The molecule has 0 bridgehead atoms. The van der Waals surface area contributed by atoms with Crippen molar-refractivity contribution in [3.05, 3.63) is 64.6 Å². The number of nitrogens with one attached hydrogen (secondary N) is 1. The molecule has 1 aromatic carbocycles. The average molecular weight is 440 g/mol. The number of amides is 1. The van der Waals surface area contributed by atoms with Crippen LogP contribution in [0.15, 0.2) is 42.6 Å². The molecule has 0 saturated heterocycles. The Morgan fingerprint density at radius 3 is 2.77 bits per heavy atom. The lowest BCUT2D eigenvalue weighted by Gasteiger charge is -2.28. The lowest BCUT2D eigenvalue weighted by molar-refractivity contribution is -0.126. The minimum absolute atomic E-state index is 0.262. The van der Waals surface area contributed by atoms with Gasteiger partial charge in [0, 0.05) is 28.9 Å². The van der Waals surface area contributed by atoms with Gasteiger partial charge in [-0.3, -0.25) is 14.8 Å². The van der Waals surface area contributed by atoms with Crippen LogP contribution >= 0.6 is 23.4 Å². The molecule has 1 atom stereocenters. The van der Waals surface area contributed by atoms with E-state index in [9.17, 15) is 4.79 Å². The number of carbonyl (C=O) groups excluding carboxylic acids is 1. The normalized spacial score (nSPS) is 12.3. The van der Waals surface area contributed by atoms with E-state index in [1.165, 1.54) is 11.8 Å². The van der Waals surface area contributed by atoms with Gasteiger partial charge in [-0.1, -0.05) is 23.6 Å². The lowest BCUT2D eigenvalue weighted by Crippen LogP contribution is -2.47. The number of hydrogen-bond donors (Lipinski definition) is 1. The predicted octanol–water partition coefficient (Wildman–Crippen LogP) is 4.69. The molecule has 2 heterocycles. The molecule has 2 aromatic heterocycles. The Hall–Kier alpha value is -2.75. The third kappa shape index (κ3) is 4.86. The van der Waals surface area contributed by atoms with Crippen molar-refractivity contribution in [3.63, 3.8) is 0 Å². The summed E-state index contributed by atoms with van der Waals surface area (Å²) in [7, 11) is 0. The Morgan fingerprint density at radius 2 is 2.10 bits per heavy atom. The summed E-state index contributed by atoms with van der Waals surface area (Å²) in [5.74, 6) is 2.75. The largest absolute Gasteiger partial charge is 0.470 e. The van der Waals surface area contributed by atoms with E-state index in [1.807, 2.05) is 51.3 Å². The van der Waals surface area contributed by atoms with E-state index in [-0.39, 0.29) is 5.91 Å². The summed E-state index contributed by atoms with van der Waals surface area (Å²) in [4.78, 5) is 21.8. The van der Waals surface area contributed by atoms with Crippen LogP contribution in [0.25, 0.3) is 10.9 Å². The molecule has 0 spiro atoms. The van der Waals surface area contributed by atoms with Crippen LogP contribution in [0.3, 0.4) is 0 Å². The smallest absolute Gasteiger partial charge is 0.272 e. The minimum Gasteiger partial charge on any atom is -0.470 e. The molecule has 30 heavy (non-hydrogen) atoms. The van der Waals surface area contributed by atoms with Crippen molar-refractivity contribution in [2.75, 3.05) is 6.26 Å². The van der Waals surface area contributed by atoms with Crippen molar-refractivity contribution >= 4 is 40.2 Å². The number of rotatable bonds is 6. The van der Waals surface area contributed by atoms with Crippen molar-refractivity contribution in [3.8, 4) is 18.1 Å². The van der Waals surface area contributed by atoms with Crippen LogP contribution in [0.1, 0.15) is 30.8 Å². The Balaban J connectivity index is 1.82. The van der Waals surface area contributed by atoms with E-state index in [2.05, 4.69) is 21.2 Å². The van der Waals surface area contributed by atoms with Crippen molar-refractivity contribution < 1.29 is 9.53 Å². The number of aryl methyl sites for hydroxylation is 1. The van der Waals surface area contributed by atoms with Gasteiger partial charge in [-0.05, 0) is 51.3 Å². The van der Waals surface area contributed by atoms with Crippen LogP contribution < -0.4 is 10.1 Å². The van der Waals surface area contributed by atoms with Crippen LogP contribution in [0.2, 0.25) is 5.02 Å². The number of halogens is 1. The molecule has 7 heteroatoms. The highest BCUT2D eigenvalue weighted by molar-refractivity contribution is 7.99. The molecular formula is C23H22ClN3O2S. The van der Waals surface area contributed by atoms with Gasteiger partial charge in [0.25, 0.3) is 5.91 Å². The zero-order valence-corrected chi connectivity index (χ0v) is 18.8. The summed E-state index contributed by atoms with van der Waals surface area (Å²) in [6.07, 6.45) is 8.86. The van der Waals surface area contributed by atoms with E-state index < -0.39 is 11.0 Å². The second kappa shape index (κ2) is 8.95. The molecule has 1 amide bonds. The topological polar surface area (TPSA) is 64.1 Å². The Morgan fingerprint density at radius 1 is 1.33 bits per heavy atom. The SMILES string of the molecule is C#Cc1cnc2c(Cl)cc(OC(SC)C(=O)NC(C)(C)c3cccc(C)n3)cc2c1. The van der Waals surface area contributed by atoms with Crippen molar-refractivity contribution in [1.82, 2.24) is 15.3 Å². The molecule has 0 aliphatic rings. The summed E-state index contributed by atoms with van der Waals surface area (Å²) < 4.78 is 5.96. The van der Waals surface area contributed by atoms with Gasteiger partial charge in [0.05, 0.1) is 21.8 Å². The summed E-state index contributed by atoms with van der Waals surface area (Å²) in [5.41, 5.74) is 1.50. The fourth-order valence-corrected chi connectivity index (χ4v) is 3.73. The molecule has 3 aromatic rings. The third-order valence-corrected chi connectivity index (χ3v) is 5.54. The number of hydrogen-bond acceptors (Lipinski definition) is 5. The maximum atomic E-state index is 12.9. The van der Waals surface area contributed by atoms with E-state index in [4.69, 9.17) is 22.8 Å². The number of pyridine rings is 2. The zero-order valence-electron chi connectivity index (χ0n) is 17.2. The standard InChI is InChI=1S/C23H22ClN3O2S/c1-6-15-10-16-11-17(12-18(24)20(16)25-13-15)29-22(30-5)21(28)27-23(3,4)19-9-7-8-14(2)26-19/h1,7-13,22H,2-5H3,(H,27,28). The molecule has 1 unspecified atom stereocenters. The molecular weight excluding hydrogens is 418 g/mol. The van der Waals surface area contributed by atoms with Crippen LogP contribution in [0, 0.1) is 19.3 Å². The van der Waals surface area contributed by atoms with Crippen molar-refractivity contribution in [2.24, 2.45) is 0 Å². The van der Waals surface area contributed by atoms with Gasteiger partial charge in [0.2, 0.25) is 5.44 Å². The van der Waals surface area contributed by atoms with Gasteiger partial charge in [-0.25, -0.2) is 0 Å². The molecule has 1 N–H and O–H groups in total. The number of nitrogens with zero attached hydrogens (tertiary/aromatic N) is 2. The molecule has 5 nitrogen and oxygen atoms in total. The van der Waals surface area contributed by atoms with Crippen LogP contribution in [-0.2, 0) is 10.3 Å². The van der Waals surface area contributed by atoms with E-state index in [0.29, 0.717) is 21.9 Å². The number of fused-ring (bicyclic) bond motifs is 1. The molecule has 154 valence electrons. The first-order valence-corrected chi connectivity index (χ1v) is 10.9. The Labute approximate surface area is 185 Å². The Bertz CT molecular complexity index is 1140. The molecule has 0 fully saturated rings. The Kier molecular flexibility index (Phi) is 6.55.